The molecule has 5 heteroatoms. The van der Waals surface area contributed by atoms with Crippen molar-refractivity contribution in [3.8, 4) is 5.88 Å². The summed E-state index contributed by atoms with van der Waals surface area (Å²) in [7, 11) is 0. The molecule has 1 heterocycles. The van der Waals surface area contributed by atoms with Crippen LogP contribution in [0.5, 0.6) is 5.88 Å². The van der Waals surface area contributed by atoms with Crippen molar-refractivity contribution in [2.75, 3.05) is 11.9 Å². The molecule has 2 rings (SSSR count). The molecule has 1 unspecified atom stereocenters. The van der Waals surface area contributed by atoms with Crippen LogP contribution in [0.4, 0.5) is 5.82 Å². The van der Waals surface area contributed by atoms with Crippen LogP contribution in [0.15, 0.2) is 41.1 Å². The summed E-state index contributed by atoms with van der Waals surface area (Å²) in [5, 5.41) is 3.35. The molecular weight excluding hydrogens is 318 g/mol. The Morgan fingerprint density at radius 2 is 2.15 bits per heavy atom. The van der Waals surface area contributed by atoms with Crippen molar-refractivity contribution < 1.29 is 4.74 Å². The van der Waals surface area contributed by atoms with E-state index in [4.69, 9.17) is 4.74 Å². The highest BCUT2D eigenvalue weighted by molar-refractivity contribution is 9.10. The number of nitrogens with one attached hydrogen (secondary N) is 1. The summed E-state index contributed by atoms with van der Waals surface area (Å²) in [4.78, 5) is 8.31. The van der Waals surface area contributed by atoms with Crippen molar-refractivity contribution in [3.05, 3.63) is 46.7 Å². The van der Waals surface area contributed by atoms with Gasteiger partial charge in [-0.05, 0) is 31.0 Å². The van der Waals surface area contributed by atoms with Gasteiger partial charge in [-0.25, -0.2) is 9.97 Å². The van der Waals surface area contributed by atoms with Crippen molar-refractivity contribution in [2.45, 2.75) is 26.3 Å². The molecule has 1 aromatic carbocycles. The van der Waals surface area contributed by atoms with Gasteiger partial charge >= 0.3 is 0 Å². The second kappa shape index (κ2) is 7.24. The highest BCUT2D eigenvalue weighted by Crippen LogP contribution is 2.22. The molecule has 0 fully saturated rings. The van der Waals surface area contributed by atoms with Crippen LogP contribution in [-0.2, 0) is 0 Å². The standard InChI is InChI=1S/C15H18BrN3O/c1-3-7-20-15-9-14(17-10-18-15)19-11(2)12-5-4-6-13(16)8-12/h4-6,8-11H,3,7H2,1-2H3,(H,17,18,19). The molecule has 1 atom stereocenters. The van der Waals surface area contributed by atoms with E-state index < -0.39 is 0 Å². The van der Waals surface area contributed by atoms with Gasteiger partial charge in [-0.1, -0.05) is 35.0 Å². The van der Waals surface area contributed by atoms with Crippen molar-refractivity contribution in [1.29, 1.82) is 0 Å². The van der Waals surface area contributed by atoms with E-state index in [0.29, 0.717) is 12.5 Å². The Hall–Kier alpha value is -1.62. The summed E-state index contributed by atoms with van der Waals surface area (Å²) in [5.74, 6) is 1.37. The molecule has 0 aliphatic carbocycles. The molecule has 4 nitrogen and oxygen atoms in total. The topological polar surface area (TPSA) is 47.0 Å². The van der Waals surface area contributed by atoms with Crippen LogP contribution in [0.3, 0.4) is 0 Å². The number of halogens is 1. The predicted molar refractivity (Wildman–Crippen MR) is 84.0 cm³/mol. The van der Waals surface area contributed by atoms with Gasteiger partial charge in [0.25, 0.3) is 0 Å². The molecule has 1 N–H and O–H groups in total. The Morgan fingerprint density at radius 3 is 2.90 bits per heavy atom. The van der Waals surface area contributed by atoms with Crippen molar-refractivity contribution in [3.63, 3.8) is 0 Å². The molecule has 0 spiro atoms. The lowest BCUT2D eigenvalue weighted by molar-refractivity contribution is 0.305. The van der Waals surface area contributed by atoms with Crippen LogP contribution in [-0.4, -0.2) is 16.6 Å². The minimum atomic E-state index is 0.154. The van der Waals surface area contributed by atoms with E-state index >= 15 is 0 Å². The number of hydrogen-bond donors (Lipinski definition) is 1. The summed E-state index contributed by atoms with van der Waals surface area (Å²) in [6.45, 7) is 4.82. The molecule has 0 saturated carbocycles. The minimum absolute atomic E-state index is 0.154. The van der Waals surface area contributed by atoms with Gasteiger partial charge in [-0.15, -0.1) is 0 Å². The van der Waals surface area contributed by atoms with E-state index in [0.717, 1.165) is 16.7 Å². The quantitative estimate of drug-likeness (QED) is 0.859. The number of hydrogen-bond acceptors (Lipinski definition) is 4. The first-order chi connectivity index (χ1) is 9.69. The van der Waals surface area contributed by atoms with Crippen LogP contribution < -0.4 is 10.1 Å². The maximum absolute atomic E-state index is 5.50. The summed E-state index contributed by atoms with van der Waals surface area (Å²) in [6.07, 6.45) is 2.47. The van der Waals surface area contributed by atoms with Gasteiger partial charge in [0.1, 0.15) is 12.1 Å². The second-order valence-corrected chi connectivity index (χ2v) is 5.43. The van der Waals surface area contributed by atoms with Gasteiger partial charge in [0.05, 0.1) is 6.61 Å². The third kappa shape index (κ3) is 4.20. The summed E-state index contributed by atoms with van der Waals surface area (Å²) in [5.41, 5.74) is 1.19. The zero-order chi connectivity index (χ0) is 14.4. The largest absolute Gasteiger partial charge is 0.478 e. The van der Waals surface area contributed by atoms with E-state index in [1.165, 1.54) is 11.9 Å². The molecule has 0 bridgehead atoms. The Labute approximate surface area is 127 Å². The Morgan fingerprint density at radius 1 is 1.30 bits per heavy atom. The smallest absolute Gasteiger partial charge is 0.218 e. The Kier molecular flexibility index (Phi) is 5.35. The van der Waals surface area contributed by atoms with Gasteiger partial charge in [-0.2, -0.15) is 0 Å². The third-order valence-corrected chi connectivity index (χ3v) is 3.30. The number of aromatic nitrogens is 2. The van der Waals surface area contributed by atoms with Gasteiger partial charge in [0, 0.05) is 16.6 Å². The fourth-order valence-electron chi connectivity index (χ4n) is 1.79. The molecule has 0 radical (unpaired) electrons. The molecule has 2 aromatic rings. The normalized spacial score (nSPS) is 11.9. The molecule has 20 heavy (non-hydrogen) atoms. The third-order valence-electron chi connectivity index (χ3n) is 2.81. The lowest BCUT2D eigenvalue weighted by Gasteiger charge is -2.15. The molecule has 106 valence electrons. The number of anilines is 1. The second-order valence-electron chi connectivity index (χ2n) is 4.51. The number of benzene rings is 1. The van der Waals surface area contributed by atoms with Crippen molar-refractivity contribution in [2.24, 2.45) is 0 Å². The monoisotopic (exact) mass is 335 g/mol. The molecule has 0 amide bonds. The maximum Gasteiger partial charge on any atom is 0.218 e. The Balaban J connectivity index is 2.05. The van der Waals surface area contributed by atoms with Crippen molar-refractivity contribution >= 4 is 21.7 Å². The van der Waals surface area contributed by atoms with Gasteiger partial charge in [0.15, 0.2) is 0 Å². The Bertz CT molecular complexity index is 562. The van der Waals surface area contributed by atoms with E-state index in [1.54, 1.807) is 0 Å². The fraction of sp³-hybridized carbons (Fsp3) is 0.333. The van der Waals surface area contributed by atoms with Crippen LogP contribution in [0.2, 0.25) is 0 Å². The molecule has 0 saturated heterocycles. The first kappa shape index (κ1) is 14.8. The van der Waals surface area contributed by atoms with E-state index in [-0.39, 0.29) is 6.04 Å². The van der Waals surface area contributed by atoms with Crippen LogP contribution in [0, 0.1) is 0 Å². The number of rotatable bonds is 6. The average Bonchev–Trinajstić information content (AvgIpc) is 2.45. The van der Waals surface area contributed by atoms with Crippen LogP contribution >= 0.6 is 15.9 Å². The number of nitrogens with zero attached hydrogens (tertiary/aromatic N) is 2. The zero-order valence-corrected chi connectivity index (χ0v) is 13.2. The number of ether oxygens (including phenoxy) is 1. The molecular formula is C15H18BrN3O. The first-order valence-electron chi connectivity index (χ1n) is 6.66. The predicted octanol–water partition coefficient (Wildman–Crippen LogP) is 4.20. The lowest BCUT2D eigenvalue weighted by atomic mass is 10.1. The fourth-order valence-corrected chi connectivity index (χ4v) is 2.20. The molecule has 0 aliphatic heterocycles. The van der Waals surface area contributed by atoms with E-state index in [2.05, 4.69) is 57.2 Å². The van der Waals surface area contributed by atoms with E-state index in [9.17, 15) is 0 Å². The summed E-state index contributed by atoms with van der Waals surface area (Å²) >= 11 is 3.48. The SMILES string of the molecule is CCCOc1cc(NC(C)c2cccc(Br)c2)ncn1. The molecule has 0 aliphatic rings. The van der Waals surface area contributed by atoms with Crippen molar-refractivity contribution in [1.82, 2.24) is 9.97 Å². The molecule has 1 aromatic heterocycles. The summed E-state index contributed by atoms with van der Waals surface area (Å²) in [6, 6.07) is 10.2. The lowest BCUT2D eigenvalue weighted by Crippen LogP contribution is -2.08. The van der Waals surface area contributed by atoms with Crippen LogP contribution in [0.25, 0.3) is 0 Å². The van der Waals surface area contributed by atoms with Gasteiger partial charge in [-0.3, -0.25) is 0 Å². The van der Waals surface area contributed by atoms with Gasteiger partial charge in [0.2, 0.25) is 5.88 Å². The minimum Gasteiger partial charge on any atom is -0.478 e. The van der Waals surface area contributed by atoms with Gasteiger partial charge < -0.3 is 10.1 Å². The average molecular weight is 336 g/mol. The highest BCUT2D eigenvalue weighted by atomic mass is 79.9. The van der Waals surface area contributed by atoms with E-state index in [1.807, 2.05) is 18.2 Å². The zero-order valence-electron chi connectivity index (χ0n) is 11.6. The maximum atomic E-state index is 5.50. The first-order valence-corrected chi connectivity index (χ1v) is 7.45. The highest BCUT2D eigenvalue weighted by Gasteiger charge is 2.07. The summed E-state index contributed by atoms with van der Waals surface area (Å²) < 4.78 is 6.57. The van der Waals surface area contributed by atoms with Crippen LogP contribution in [0.1, 0.15) is 31.9 Å².